The summed E-state index contributed by atoms with van der Waals surface area (Å²) >= 11 is 0. The van der Waals surface area contributed by atoms with Crippen molar-refractivity contribution >= 4 is 28.9 Å². The number of hydrogen-bond acceptors (Lipinski definition) is 10. The number of hydrogen-bond donors (Lipinski definition) is 3. The van der Waals surface area contributed by atoms with Gasteiger partial charge < -0.3 is 15.2 Å². The number of rotatable bonds is 10. The number of amides is 3. The number of halogens is 2. The number of carbonyl (C=O) groups excluding carboxylic acids is 3. The molecule has 3 aromatic heterocycles. The molecular weight excluding hydrogens is 757 g/mol. The van der Waals surface area contributed by atoms with Gasteiger partial charge in [-0.1, -0.05) is 74.5 Å². The molecule has 3 N–H and O–H groups in total. The highest BCUT2D eigenvalue weighted by atomic mass is 19.3. The summed E-state index contributed by atoms with van der Waals surface area (Å²) in [6.07, 6.45) is 4.41. The fourth-order valence-electron chi connectivity index (χ4n) is 7.69. The summed E-state index contributed by atoms with van der Waals surface area (Å²) < 4.78 is 38.3. The molecule has 5 heterocycles. The SMILES string of the molecule is Cc1cc(-c2ncnn3cc(-c4ccc(CN5CCC(c6ccc(NC7CCC(=O)NC7=O)cc6)C(F)(F)C5)cc4)cc23)ccc1CNC(=O)c1noc(C(C)(C)C)n1. The molecule has 59 heavy (non-hydrogen) atoms. The van der Waals surface area contributed by atoms with Crippen molar-refractivity contribution in [1.82, 2.24) is 40.3 Å². The second kappa shape index (κ2) is 15.8. The van der Waals surface area contributed by atoms with Crippen molar-refractivity contribution in [2.24, 2.45) is 0 Å². The van der Waals surface area contributed by atoms with Crippen molar-refractivity contribution in [2.75, 3.05) is 18.4 Å². The monoisotopic (exact) mass is 801 g/mol. The van der Waals surface area contributed by atoms with E-state index in [1.54, 1.807) is 33.7 Å². The molecule has 2 saturated heterocycles. The number of nitrogens with zero attached hydrogens (tertiary/aromatic N) is 6. The number of fused-ring (bicyclic) bond motifs is 1. The van der Waals surface area contributed by atoms with E-state index in [1.165, 1.54) is 6.33 Å². The molecule has 2 unspecified atom stereocenters. The van der Waals surface area contributed by atoms with Gasteiger partial charge in [-0.2, -0.15) is 10.1 Å². The highest BCUT2D eigenvalue weighted by Crippen LogP contribution is 2.41. The van der Waals surface area contributed by atoms with Crippen LogP contribution in [0.2, 0.25) is 0 Å². The van der Waals surface area contributed by atoms with E-state index >= 15 is 8.78 Å². The summed E-state index contributed by atoms with van der Waals surface area (Å²) in [6, 6.07) is 22.2. The van der Waals surface area contributed by atoms with E-state index in [0.29, 0.717) is 49.6 Å². The number of anilines is 1. The molecule has 0 bridgehead atoms. The zero-order valence-corrected chi connectivity index (χ0v) is 33.3. The predicted octanol–water partition coefficient (Wildman–Crippen LogP) is 6.82. The Morgan fingerprint density at radius 1 is 0.983 bits per heavy atom. The Balaban J connectivity index is 0.883. The highest BCUT2D eigenvalue weighted by molar-refractivity contribution is 6.01. The van der Waals surface area contributed by atoms with Crippen molar-refractivity contribution in [2.45, 2.75) is 83.3 Å². The van der Waals surface area contributed by atoms with Crippen LogP contribution in [0.25, 0.3) is 27.9 Å². The van der Waals surface area contributed by atoms with E-state index < -0.39 is 23.8 Å². The van der Waals surface area contributed by atoms with Crippen LogP contribution in [0.4, 0.5) is 14.5 Å². The van der Waals surface area contributed by atoms with Crippen LogP contribution in [0.15, 0.2) is 89.8 Å². The summed E-state index contributed by atoms with van der Waals surface area (Å²) in [7, 11) is 0. The molecule has 15 heteroatoms. The van der Waals surface area contributed by atoms with Crippen LogP contribution >= 0.6 is 0 Å². The number of nitrogens with one attached hydrogen (secondary N) is 3. The molecule has 8 rings (SSSR count). The summed E-state index contributed by atoms with van der Waals surface area (Å²) in [4.78, 5) is 46.9. The molecule has 0 radical (unpaired) electrons. The number of benzene rings is 3. The van der Waals surface area contributed by atoms with Gasteiger partial charge >= 0.3 is 0 Å². The molecule has 2 fully saturated rings. The van der Waals surface area contributed by atoms with Crippen molar-refractivity contribution in [1.29, 1.82) is 0 Å². The van der Waals surface area contributed by atoms with Gasteiger partial charge in [-0.05, 0) is 78.4 Å². The third kappa shape index (κ3) is 8.60. The lowest BCUT2D eigenvalue weighted by Gasteiger charge is -2.38. The fourth-order valence-corrected chi connectivity index (χ4v) is 7.69. The average Bonchev–Trinajstić information content (AvgIpc) is 3.88. The normalized spacial score (nSPS) is 18.5. The minimum absolute atomic E-state index is 0.00334. The largest absolute Gasteiger partial charge is 0.374 e. The molecule has 3 aromatic carbocycles. The Hall–Kier alpha value is -6.35. The Morgan fingerprint density at radius 3 is 2.44 bits per heavy atom. The minimum Gasteiger partial charge on any atom is -0.374 e. The second-order valence-electron chi connectivity index (χ2n) is 16.4. The van der Waals surface area contributed by atoms with Crippen molar-refractivity contribution in [3.63, 3.8) is 0 Å². The molecule has 304 valence electrons. The van der Waals surface area contributed by atoms with Gasteiger partial charge in [0, 0.05) is 47.9 Å². The first-order chi connectivity index (χ1) is 28.2. The van der Waals surface area contributed by atoms with Crippen molar-refractivity contribution in [3.05, 3.63) is 119 Å². The van der Waals surface area contributed by atoms with Gasteiger partial charge in [0.1, 0.15) is 12.4 Å². The summed E-state index contributed by atoms with van der Waals surface area (Å²) in [5.41, 5.74) is 8.08. The lowest BCUT2D eigenvalue weighted by atomic mass is 9.86. The highest BCUT2D eigenvalue weighted by Gasteiger charge is 2.45. The van der Waals surface area contributed by atoms with Crippen LogP contribution < -0.4 is 16.0 Å². The predicted molar refractivity (Wildman–Crippen MR) is 217 cm³/mol. The van der Waals surface area contributed by atoms with Gasteiger partial charge in [-0.3, -0.25) is 24.6 Å². The first-order valence-electron chi connectivity index (χ1n) is 19.7. The van der Waals surface area contributed by atoms with Gasteiger partial charge in [0.2, 0.25) is 17.7 Å². The first-order valence-corrected chi connectivity index (χ1v) is 19.7. The number of aromatic nitrogens is 5. The Labute approximate surface area is 339 Å². The van der Waals surface area contributed by atoms with Gasteiger partial charge in [-0.25, -0.2) is 18.3 Å². The molecule has 0 aliphatic carbocycles. The molecule has 6 aromatic rings. The lowest BCUT2D eigenvalue weighted by Crippen LogP contribution is -2.47. The van der Waals surface area contributed by atoms with Gasteiger partial charge in [0.15, 0.2) is 0 Å². The Morgan fingerprint density at radius 2 is 1.75 bits per heavy atom. The number of carbonyl (C=O) groups is 3. The molecular formula is C44H45F2N9O4. The van der Waals surface area contributed by atoms with E-state index in [4.69, 9.17) is 4.52 Å². The first kappa shape index (κ1) is 39.5. The standard InChI is InChI=1S/C44H45F2N9O4/c1-26-19-30(9-10-31(26)21-47-41(58)39-52-42(59-53-39)43(2,3)4)38-36-20-32(23-55(36)49-25-48-38)28-7-5-27(6-8-28)22-54-18-17-34(44(45,46)24-54)29-11-13-33(14-12-29)50-35-15-16-37(56)51-40(35)57/h5-14,19-20,23,25,34-35,50H,15-18,21-22,24H2,1-4H3,(H,47,58)(H,51,56,57). The molecule has 2 aliphatic rings. The molecule has 2 atom stereocenters. The number of aryl methyl sites for hydroxylation is 1. The summed E-state index contributed by atoms with van der Waals surface area (Å²) in [6.45, 7) is 8.65. The quantitative estimate of drug-likeness (QED) is 0.126. The van der Waals surface area contributed by atoms with Crippen LogP contribution in [-0.2, 0) is 28.1 Å². The number of piperidine rings is 2. The summed E-state index contributed by atoms with van der Waals surface area (Å²) in [5, 5.41) is 16.6. The average molecular weight is 802 g/mol. The van der Waals surface area contributed by atoms with E-state index in [2.05, 4.69) is 36.2 Å². The topological polar surface area (TPSA) is 160 Å². The number of alkyl halides is 2. The fraction of sp³-hybridized carbons (Fsp3) is 0.341. The van der Waals surface area contributed by atoms with Crippen LogP contribution in [0.3, 0.4) is 0 Å². The molecule has 2 aliphatic heterocycles. The number of imide groups is 1. The van der Waals surface area contributed by atoms with E-state index in [9.17, 15) is 14.4 Å². The maximum atomic E-state index is 15.6. The third-order valence-electron chi connectivity index (χ3n) is 11.0. The van der Waals surface area contributed by atoms with Crippen molar-refractivity contribution in [3.8, 4) is 22.4 Å². The molecule has 0 spiro atoms. The lowest BCUT2D eigenvalue weighted by molar-refractivity contribution is -0.133. The third-order valence-corrected chi connectivity index (χ3v) is 11.0. The van der Waals surface area contributed by atoms with Gasteiger partial charge in [0.25, 0.3) is 17.7 Å². The minimum atomic E-state index is -2.93. The van der Waals surface area contributed by atoms with Gasteiger partial charge in [0.05, 0.1) is 23.7 Å². The summed E-state index contributed by atoms with van der Waals surface area (Å²) in [5.74, 6) is -4.53. The molecule has 13 nitrogen and oxygen atoms in total. The maximum Gasteiger partial charge on any atom is 0.292 e. The smallest absolute Gasteiger partial charge is 0.292 e. The number of likely N-dealkylation sites (tertiary alicyclic amines) is 1. The molecule has 3 amide bonds. The van der Waals surface area contributed by atoms with Crippen molar-refractivity contribution < 1.29 is 27.7 Å². The Kier molecular flexibility index (Phi) is 10.6. The van der Waals surface area contributed by atoms with Crippen LogP contribution in [0, 0.1) is 6.92 Å². The van der Waals surface area contributed by atoms with Gasteiger partial charge in [-0.15, -0.1) is 0 Å². The zero-order valence-electron chi connectivity index (χ0n) is 33.3. The maximum absolute atomic E-state index is 15.6. The second-order valence-corrected chi connectivity index (χ2v) is 16.4. The van der Waals surface area contributed by atoms with Crippen LogP contribution in [-0.4, -0.2) is 72.4 Å². The molecule has 0 saturated carbocycles. The van der Waals surface area contributed by atoms with Crippen LogP contribution in [0.1, 0.15) is 84.7 Å². The zero-order chi connectivity index (χ0) is 41.5. The van der Waals surface area contributed by atoms with E-state index in [1.807, 2.05) is 82.4 Å². The van der Waals surface area contributed by atoms with E-state index in [0.717, 1.165) is 44.6 Å². The Bertz CT molecular complexity index is 2530. The van der Waals surface area contributed by atoms with Crippen LogP contribution in [0.5, 0.6) is 0 Å². The van der Waals surface area contributed by atoms with E-state index in [-0.39, 0.29) is 36.0 Å².